The first-order chi connectivity index (χ1) is 9.41. The molecule has 3 aliphatic rings. The second-order valence-electron chi connectivity index (χ2n) is 6.78. The molecule has 2 fully saturated rings. The zero-order valence-electron chi connectivity index (χ0n) is 11.5. The van der Waals surface area contributed by atoms with Gasteiger partial charge < -0.3 is 20.1 Å². The Hall–Kier alpha value is -1.20. The molecule has 6 atom stereocenters. The third-order valence-corrected chi connectivity index (χ3v) is 6.27. The quantitative estimate of drug-likeness (QED) is 0.658. The first-order valence-electron chi connectivity index (χ1n) is 7.11. The molecule has 0 aromatic rings. The minimum Gasteiger partial charge on any atom is -0.478 e. The van der Waals surface area contributed by atoms with Crippen molar-refractivity contribution in [3.05, 3.63) is 11.6 Å². The van der Waals surface area contributed by atoms with Gasteiger partial charge >= 0.3 is 5.97 Å². The summed E-state index contributed by atoms with van der Waals surface area (Å²) in [6, 6.07) is 0. The second-order valence-corrected chi connectivity index (χ2v) is 6.78. The monoisotopic (exact) mass is 280 g/mol. The van der Waals surface area contributed by atoms with Gasteiger partial charge in [0.15, 0.2) is 0 Å². The topological polar surface area (TPSA) is 94.8 Å². The van der Waals surface area contributed by atoms with Crippen LogP contribution in [0.3, 0.4) is 0 Å². The van der Waals surface area contributed by atoms with E-state index in [0.29, 0.717) is 12.8 Å². The zero-order chi connectivity index (χ0) is 14.7. The van der Waals surface area contributed by atoms with E-state index in [1.54, 1.807) is 0 Å². The molecule has 0 saturated heterocycles. The highest BCUT2D eigenvalue weighted by Crippen LogP contribution is 2.70. The number of hydrogen-bond donors (Lipinski definition) is 3. The molecule has 20 heavy (non-hydrogen) atoms. The van der Waals surface area contributed by atoms with Crippen molar-refractivity contribution in [1.29, 1.82) is 0 Å². The van der Waals surface area contributed by atoms with Gasteiger partial charge in [-0.05, 0) is 37.2 Å². The van der Waals surface area contributed by atoms with Crippen LogP contribution in [0.25, 0.3) is 0 Å². The summed E-state index contributed by atoms with van der Waals surface area (Å²) < 4.78 is 0. The van der Waals surface area contributed by atoms with Crippen LogP contribution >= 0.6 is 0 Å². The molecule has 0 amide bonds. The minimum atomic E-state index is -1.04. The van der Waals surface area contributed by atoms with Crippen LogP contribution in [-0.4, -0.2) is 40.3 Å². The normalized spacial score (nSPS) is 49.6. The van der Waals surface area contributed by atoms with Crippen LogP contribution in [0.2, 0.25) is 0 Å². The van der Waals surface area contributed by atoms with Gasteiger partial charge in [-0.25, -0.2) is 4.79 Å². The molecular weight excluding hydrogens is 260 g/mol. The standard InChI is InChI=1S/C15H20O5/c1-14(7-17)10-5-15(8(6-16)2-3-11(14)15)12(18)4-9(10)13(19)20/h4,6,8,10-12,17-18H,2-3,5,7H2,1H3,(H,19,20)/t8-,10-,11-,12-,14+,15+/m0/s1. The number of carboxylic acid groups (broad SMARTS) is 1. The average molecular weight is 280 g/mol. The highest BCUT2D eigenvalue weighted by Gasteiger charge is 2.69. The van der Waals surface area contributed by atoms with Crippen molar-refractivity contribution in [2.24, 2.45) is 28.6 Å². The van der Waals surface area contributed by atoms with Crippen LogP contribution in [0.5, 0.6) is 0 Å². The van der Waals surface area contributed by atoms with Crippen molar-refractivity contribution in [2.45, 2.75) is 32.3 Å². The summed E-state index contributed by atoms with van der Waals surface area (Å²) in [5.74, 6) is -1.58. The lowest BCUT2D eigenvalue weighted by Crippen LogP contribution is -2.43. The largest absolute Gasteiger partial charge is 0.478 e. The summed E-state index contributed by atoms with van der Waals surface area (Å²) >= 11 is 0. The molecule has 0 aromatic carbocycles. The molecule has 5 nitrogen and oxygen atoms in total. The highest BCUT2D eigenvalue weighted by molar-refractivity contribution is 5.88. The predicted molar refractivity (Wildman–Crippen MR) is 69.7 cm³/mol. The molecule has 3 N–H and O–H groups in total. The molecule has 3 aliphatic carbocycles. The summed E-state index contributed by atoms with van der Waals surface area (Å²) in [4.78, 5) is 22.8. The van der Waals surface area contributed by atoms with Crippen LogP contribution in [0.1, 0.15) is 26.2 Å². The number of carbonyl (C=O) groups is 2. The molecule has 0 aliphatic heterocycles. The van der Waals surface area contributed by atoms with Crippen molar-refractivity contribution < 1.29 is 24.9 Å². The number of carboxylic acids is 1. The van der Waals surface area contributed by atoms with E-state index < -0.39 is 22.9 Å². The molecule has 0 unspecified atom stereocenters. The summed E-state index contributed by atoms with van der Waals surface area (Å²) in [6.07, 6.45) is 3.35. The summed E-state index contributed by atoms with van der Waals surface area (Å²) in [6.45, 7) is 1.78. The van der Waals surface area contributed by atoms with E-state index in [-0.39, 0.29) is 29.9 Å². The molecule has 3 rings (SSSR count). The zero-order valence-corrected chi connectivity index (χ0v) is 11.5. The number of fused-ring (bicyclic) bond motifs is 1. The highest BCUT2D eigenvalue weighted by atomic mass is 16.4. The number of aliphatic hydroxyl groups excluding tert-OH is 2. The van der Waals surface area contributed by atoms with E-state index in [0.717, 1.165) is 12.7 Å². The Labute approximate surface area is 117 Å². The molecule has 2 saturated carbocycles. The van der Waals surface area contributed by atoms with Crippen molar-refractivity contribution in [3.63, 3.8) is 0 Å². The van der Waals surface area contributed by atoms with E-state index in [1.807, 2.05) is 6.92 Å². The summed E-state index contributed by atoms with van der Waals surface area (Å²) in [5, 5.41) is 29.8. The first kappa shape index (κ1) is 13.8. The number of aliphatic carboxylic acids is 1. The van der Waals surface area contributed by atoms with E-state index in [4.69, 9.17) is 0 Å². The maximum atomic E-state index is 11.4. The van der Waals surface area contributed by atoms with Crippen molar-refractivity contribution in [2.75, 3.05) is 6.61 Å². The van der Waals surface area contributed by atoms with Crippen molar-refractivity contribution in [3.8, 4) is 0 Å². The summed E-state index contributed by atoms with van der Waals surface area (Å²) in [5.41, 5.74) is -0.957. The molecule has 1 spiro atoms. The van der Waals surface area contributed by atoms with E-state index in [1.165, 1.54) is 6.08 Å². The van der Waals surface area contributed by atoms with Gasteiger partial charge in [-0.15, -0.1) is 0 Å². The molecule has 0 heterocycles. The van der Waals surface area contributed by atoms with E-state index in [9.17, 15) is 24.9 Å². The first-order valence-corrected chi connectivity index (χ1v) is 7.11. The van der Waals surface area contributed by atoms with Crippen molar-refractivity contribution in [1.82, 2.24) is 0 Å². The van der Waals surface area contributed by atoms with Gasteiger partial charge in [0.25, 0.3) is 0 Å². The van der Waals surface area contributed by atoms with Gasteiger partial charge in [0.2, 0.25) is 0 Å². The van der Waals surface area contributed by atoms with Gasteiger partial charge in [0, 0.05) is 28.9 Å². The van der Waals surface area contributed by atoms with Crippen molar-refractivity contribution >= 4 is 12.3 Å². The number of rotatable bonds is 3. The Bertz CT molecular complexity index is 498. The lowest BCUT2D eigenvalue weighted by molar-refractivity contribution is -0.134. The molecule has 2 bridgehead atoms. The van der Waals surface area contributed by atoms with Crippen LogP contribution in [0.15, 0.2) is 11.6 Å². The fourth-order valence-corrected chi connectivity index (χ4v) is 5.30. The Morgan fingerprint density at radius 3 is 2.75 bits per heavy atom. The number of carbonyl (C=O) groups excluding carboxylic acids is 1. The molecule has 5 heteroatoms. The van der Waals surface area contributed by atoms with Crippen LogP contribution in [0, 0.1) is 28.6 Å². The van der Waals surface area contributed by atoms with Crippen LogP contribution in [0.4, 0.5) is 0 Å². The smallest absolute Gasteiger partial charge is 0.331 e. The Morgan fingerprint density at radius 1 is 1.50 bits per heavy atom. The predicted octanol–water partition coefficient (Wildman–Crippen LogP) is 0.602. The van der Waals surface area contributed by atoms with Gasteiger partial charge in [0.1, 0.15) is 6.29 Å². The van der Waals surface area contributed by atoms with E-state index >= 15 is 0 Å². The van der Waals surface area contributed by atoms with Gasteiger partial charge in [0.05, 0.1) is 6.10 Å². The molecule has 0 radical (unpaired) electrons. The lowest BCUT2D eigenvalue weighted by Gasteiger charge is -2.40. The summed E-state index contributed by atoms with van der Waals surface area (Å²) in [7, 11) is 0. The third kappa shape index (κ3) is 1.35. The van der Waals surface area contributed by atoms with Crippen LogP contribution in [-0.2, 0) is 9.59 Å². The molecule has 0 aromatic heterocycles. The van der Waals surface area contributed by atoms with Crippen LogP contribution < -0.4 is 0 Å². The number of aliphatic hydroxyl groups is 2. The fourth-order valence-electron chi connectivity index (χ4n) is 5.30. The SMILES string of the molecule is C[C@@]1(CO)[C@H]2C[C@]3([C@H](C=O)CC[C@@H]13)[C@@H](O)C=C2C(=O)O. The van der Waals surface area contributed by atoms with E-state index in [2.05, 4.69) is 0 Å². The Balaban J connectivity index is 2.17. The number of aldehydes is 1. The minimum absolute atomic E-state index is 0.0108. The average Bonchev–Trinajstić information content (AvgIpc) is 2.88. The maximum absolute atomic E-state index is 11.4. The fraction of sp³-hybridized carbons (Fsp3) is 0.733. The number of hydrogen-bond acceptors (Lipinski definition) is 4. The van der Waals surface area contributed by atoms with Gasteiger partial charge in [-0.1, -0.05) is 6.92 Å². The molecular formula is C15H20O5. The Morgan fingerprint density at radius 2 is 2.20 bits per heavy atom. The Kier molecular flexibility index (Phi) is 2.86. The second kappa shape index (κ2) is 4.15. The van der Waals surface area contributed by atoms with Gasteiger partial charge in [-0.3, -0.25) is 0 Å². The lowest BCUT2D eigenvalue weighted by atomic mass is 9.66. The third-order valence-electron chi connectivity index (χ3n) is 6.27. The molecule has 110 valence electrons. The maximum Gasteiger partial charge on any atom is 0.331 e. The van der Waals surface area contributed by atoms with Gasteiger partial charge in [-0.2, -0.15) is 0 Å².